The summed E-state index contributed by atoms with van der Waals surface area (Å²) in [6.45, 7) is 2.40. The second-order valence-corrected chi connectivity index (χ2v) is 8.32. The van der Waals surface area contributed by atoms with E-state index in [2.05, 4.69) is 21.9 Å². The lowest BCUT2D eigenvalue weighted by Crippen LogP contribution is -2.19. The Bertz CT molecular complexity index is 1210. The van der Waals surface area contributed by atoms with E-state index < -0.39 is 5.97 Å². The van der Waals surface area contributed by atoms with E-state index in [4.69, 9.17) is 0 Å². The summed E-state index contributed by atoms with van der Waals surface area (Å²) >= 11 is 0. The number of aromatic nitrogens is 3. The van der Waals surface area contributed by atoms with E-state index >= 15 is 0 Å². The summed E-state index contributed by atoms with van der Waals surface area (Å²) in [5.74, 6) is 5.90. The first-order chi connectivity index (χ1) is 16.1. The lowest BCUT2D eigenvalue weighted by atomic mass is 9.86. The average Bonchev–Trinajstić information content (AvgIpc) is 3.25. The fraction of sp³-hybridized carbons (Fsp3) is 0.333. The molecule has 0 bridgehead atoms. The number of rotatable bonds is 6. The molecule has 1 N–H and O–H groups in total. The van der Waals surface area contributed by atoms with Crippen molar-refractivity contribution in [2.75, 3.05) is 0 Å². The molecule has 1 aromatic heterocycles. The van der Waals surface area contributed by atoms with E-state index in [1.165, 1.54) is 6.42 Å². The largest absolute Gasteiger partial charge is 0.478 e. The van der Waals surface area contributed by atoms with Gasteiger partial charge in [-0.1, -0.05) is 74.6 Å². The Balaban J connectivity index is 1.58. The van der Waals surface area contributed by atoms with Crippen molar-refractivity contribution in [3.8, 4) is 23.0 Å². The number of ketones is 1. The molecule has 6 heteroatoms. The van der Waals surface area contributed by atoms with Gasteiger partial charge in [-0.25, -0.2) is 9.48 Å². The number of aromatic carboxylic acids is 1. The van der Waals surface area contributed by atoms with Crippen LogP contribution in [0, 0.1) is 17.8 Å². The highest BCUT2D eigenvalue weighted by Gasteiger charge is 2.26. The number of carbonyl (C=O) groups excluding carboxylic acids is 1. The van der Waals surface area contributed by atoms with Crippen molar-refractivity contribution < 1.29 is 14.7 Å². The monoisotopic (exact) mass is 441 g/mol. The molecule has 2 aromatic carbocycles. The fourth-order valence-corrected chi connectivity index (χ4v) is 4.25. The summed E-state index contributed by atoms with van der Waals surface area (Å²) in [6.07, 6.45) is 5.85. The fourth-order valence-electron chi connectivity index (χ4n) is 4.25. The summed E-state index contributed by atoms with van der Waals surface area (Å²) in [6, 6.07) is 14.6. The molecule has 6 nitrogen and oxygen atoms in total. The van der Waals surface area contributed by atoms with E-state index in [-0.39, 0.29) is 23.1 Å². The molecular weight excluding hydrogens is 414 g/mol. The number of hydrogen-bond acceptors (Lipinski definition) is 4. The van der Waals surface area contributed by atoms with Crippen LogP contribution in [0.5, 0.6) is 0 Å². The molecule has 1 aliphatic rings. The van der Waals surface area contributed by atoms with Crippen molar-refractivity contribution in [1.29, 1.82) is 0 Å². The molecule has 0 radical (unpaired) electrons. The molecule has 0 amide bonds. The molecule has 1 saturated carbocycles. The summed E-state index contributed by atoms with van der Waals surface area (Å²) in [5.41, 5.74) is 2.74. The summed E-state index contributed by atoms with van der Waals surface area (Å²) < 4.78 is 1.69. The van der Waals surface area contributed by atoms with Gasteiger partial charge in [0.2, 0.25) is 17.4 Å². The topological polar surface area (TPSA) is 85.1 Å². The van der Waals surface area contributed by atoms with E-state index in [9.17, 15) is 14.7 Å². The van der Waals surface area contributed by atoms with Crippen LogP contribution in [0.25, 0.3) is 11.1 Å². The van der Waals surface area contributed by atoms with Gasteiger partial charge in [-0.05, 0) is 41.5 Å². The van der Waals surface area contributed by atoms with Crippen LogP contribution >= 0.6 is 0 Å². The van der Waals surface area contributed by atoms with Crippen LogP contribution in [0.3, 0.4) is 0 Å². The number of carboxylic acids is 1. The maximum atomic E-state index is 12.9. The van der Waals surface area contributed by atoms with Crippen LogP contribution in [0.4, 0.5) is 0 Å². The van der Waals surface area contributed by atoms with Crippen LogP contribution in [-0.4, -0.2) is 31.6 Å². The van der Waals surface area contributed by atoms with Crippen molar-refractivity contribution in [2.24, 2.45) is 5.92 Å². The Kier molecular flexibility index (Phi) is 6.99. The predicted octanol–water partition coefficient (Wildman–Crippen LogP) is 5.22. The molecule has 0 unspecified atom stereocenters. The van der Waals surface area contributed by atoms with Crippen LogP contribution in [0.2, 0.25) is 0 Å². The predicted molar refractivity (Wildman–Crippen MR) is 126 cm³/mol. The summed E-state index contributed by atoms with van der Waals surface area (Å²) in [4.78, 5) is 29.0. The zero-order chi connectivity index (χ0) is 23.2. The lowest BCUT2D eigenvalue weighted by molar-refractivity contribution is 0.0697. The van der Waals surface area contributed by atoms with E-state index in [0.717, 1.165) is 36.8 Å². The van der Waals surface area contributed by atoms with E-state index in [1.807, 2.05) is 37.3 Å². The van der Waals surface area contributed by atoms with Gasteiger partial charge in [0.25, 0.3) is 0 Å². The Hall–Kier alpha value is -3.72. The van der Waals surface area contributed by atoms with Gasteiger partial charge in [0.1, 0.15) is 0 Å². The number of Topliss-reactive ketones (excluding diaryl/α,β-unsaturated/α-hetero) is 1. The van der Waals surface area contributed by atoms with Gasteiger partial charge in [0.05, 0.1) is 12.1 Å². The highest BCUT2D eigenvalue weighted by atomic mass is 16.4. The maximum absolute atomic E-state index is 12.9. The van der Waals surface area contributed by atoms with E-state index in [1.54, 1.807) is 22.9 Å². The molecule has 3 aromatic rings. The number of carbonyl (C=O) groups is 2. The highest BCUT2D eigenvalue weighted by molar-refractivity contribution is 5.96. The third-order valence-corrected chi connectivity index (χ3v) is 6.00. The third-order valence-electron chi connectivity index (χ3n) is 6.00. The second-order valence-electron chi connectivity index (χ2n) is 8.32. The lowest BCUT2D eigenvalue weighted by Gasteiger charge is -2.18. The molecule has 168 valence electrons. The smallest absolute Gasteiger partial charge is 0.336 e. The molecule has 33 heavy (non-hydrogen) atoms. The molecular formula is C27H27N3O3. The quantitative estimate of drug-likeness (QED) is 0.419. The minimum absolute atomic E-state index is 0.00942. The second kappa shape index (κ2) is 10.3. The van der Waals surface area contributed by atoms with Gasteiger partial charge in [0, 0.05) is 12.3 Å². The average molecular weight is 442 g/mol. The third kappa shape index (κ3) is 5.20. The number of nitrogens with zero attached hydrogens (tertiary/aromatic N) is 3. The summed E-state index contributed by atoms with van der Waals surface area (Å²) in [7, 11) is 0. The van der Waals surface area contributed by atoms with E-state index in [0.29, 0.717) is 24.4 Å². The van der Waals surface area contributed by atoms with Gasteiger partial charge < -0.3 is 5.11 Å². The number of benzene rings is 2. The molecule has 0 atom stereocenters. The molecule has 1 aliphatic carbocycles. The SMILES string of the molecule is CCC#Cc1nc(C(=O)C2CCCCC2)nn1Cc1ccc(-c2ccccc2C(=O)O)cc1. The first kappa shape index (κ1) is 22.5. The molecule has 4 rings (SSSR count). The minimum atomic E-state index is -0.952. The van der Waals surface area contributed by atoms with Crippen LogP contribution in [0.1, 0.15) is 77.8 Å². The van der Waals surface area contributed by atoms with Gasteiger partial charge in [-0.15, -0.1) is 5.10 Å². The molecule has 0 saturated heterocycles. The van der Waals surface area contributed by atoms with Crippen molar-refractivity contribution in [2.45, 2.75) is 52.0 Å². The number of carboxylic acid groups (broad SMARTS) is 1. The Labute approximate surface area is 193 Å². The van der Waals surface area contributed by atoms with Crippen molar-refractivity contribution in [3.63, 3.8) is 0 Å². The normalized spacial score (nSPS) is 13.8. The van der Waals surface area contributed by atoms with Crippen molar-refractivity contribution >= 4 is 11.8 Å². The van der Waals surface area contributed by atoms with Gasteiger partial charge in [0.15, 0.2) is 0 Å². The zero-order valence-corrected chi connectivity index (χ0v) is 18.8. The number of hydrogen-bond donors (Lipinski definition) is 1. The summed E-state index contributed by atoms with van der Waals surface area (Å²) in [5, 5.41) is 14.0. The van der Waals surface area contributed by atoms with Gasteiger partial charge >= 0.3 is 5.97 Å². The maximum Gasteiger partial charge on any atom is 0.336 e. The standard InChI is InChI=1S/C27H27N3O3/c1-2-3-13-24-28-26(25(31)21-9-5-4-6-10-21)29-30(24)18-19-14-16-20(17-15-19)22-11-7-8-12-23(22)27(32)33/h7-8,11-12,14-17,21H,2,4-6,9-10,18H2,1H3,(H,32,33). The van der Waals surface area contributed by atoms with Crippen LogP contribution in [0.15, 0.2) is 48.5 Å². The Morgan fingerprint density at radius 2 is 1.79 bits per heavy atom. The first-order valence-corrected chi connectivity index (χ1v) is 11.5. The molecule has 1 fully saturated rings. The molecule has 0 aliphatic heterocycles. The first-order valence-electron chi connectivity index (χ1n) is 11.5. The highest BCUT2D eigenvalue weighted by Crippen LogP contribution is 2.27. The Morgan fingerprint density at radius 3 is 2.48 bits per heavy atom. The van der Waals surface area contributed by atoms with Crippen LogP contribution in [-0.2, 0) is 6.54 Å². The van der Waals surface area contributed by atoms with Crippen LogP contribution < -0.4 is 0 Å². The van der Waals surface area contributed by atoms with Gasteiger partial charge in [-0.2, -0.15) is 4.98 Å². The van der Waals surface area contributed by atoms with Gasteiger partial charge in [-0.3, -0.25) is 4.79 Å². The minimum Gasteiger partial charge on any atom is -0.478 e. The molecule has 0 spiro atoms. The molecule has 1 heterocycles. The van der Waals surface area contributed by atoms with Crippen molar-refractivity contribution in [1.82, 2.24) is 14.8 Å². The Morgan fingerprint density at radius 1 is 1.06 bits per heavy atom. The van der Waals surface area contributed by atoms with Crippen molar-refractivity contribution in [3.05, 3.63) is 71.3 Å². The zero-order valence-electron chi connectivity index (χ0n) is 18.8.